The van der Waals surface area contributed by atoms with E-state index in [4.69, 9.17) is 0 Å². The molecular formula is C12H11F3N2O. The van der Waals surface area contributed by atoms with Crippen LogP contribution in [0.4, 0.5) is 13.2 Å². The highest BCUT2D eigenvalue weighted by Gasteiger charge is 2.39. The summed E-state index contributed by atoms with van der Waals surface area (Å²) in [6.45, 7) is 3.26. The Morgan fingerprint density at radius 2 is 1.67 bits per heavy atom. The lowest BCUT2D eigenvalue weighted by Gasteiger charge is -2.04. The van der Waals surface area contributed by atoms with E-state index in [1.54, 1.807) is 24.3 Å². The van der Waals surface area contributed by atoms with Gasteiger partial charge in [-0.15, -0.1) is 0 Å². The second-order valence-corrected chi connectivity index (χ2v) is 4.03. The van der Waals surface area contributed by atoms with Crippen LogP contribution in [-0.4, -0.2) is 14.9 Å². The van der Waals surface area contributed by atoms with Crippen LogP contribution < -0.4 is 0 Å². The quantitative estimate of drug-likeness (QED) is 0.850. The Morgan fingerprint density at radius 1 is 1.11 bits per heavy atom. The Labute approximate surface area is 101 Å². The molecule has 0 aliphatic heterocycles. The molecule has 0 radical (unpaired) electrons. The van der Waals surface area contributed by atoms with Gasteiger partial charge in [-0.1, -0.05) is 17.7 Å². The largest absolute Gasteiger partial charge is 0.504 e. The van der Waals surface area contributed by atoms with Crippen LogP contribution in [0.3, 0.4) is 0 Å². The molecular weight excluding hydrogens is 245 g/mol. The SMILES string of the molecule is Cc1ccc(-n2nc(C(F)(F)F)c(O)c2C)cc1. The molecule has 3 nitrogen and oxygen atoms in total. The van der Waals surface area contributed by atoms with Crippen molar-refractivity contribution in [1.29, 1.82) is 0 Å². The van der Waals surface area contributed by atoms with Gasteiger partial charge in [-0.05, 0) is 26.0 Å². The third kappa shape index (κ3) is 2.05. The number of rotatable bonds is 1. The highest BCUT2D eigenvalue weighted by Crippen LogP contribution is 2.37. The van der Waals surface area contributed by atoms with E-state index in [2.05, 4.69) is 5.10 Å². The number of aromatic nitrogens is 2. The van der Waals surface area contributed by atoms with Crippen molar-refractivity contribution in [2.75, 3.05) is 0 Å². The van der Waals surface area contributed by atoms with Gasteiger partial charge >= 0.3 is 6.18 Å². The second-order valence-electron chi connectivity index (χ2n) is 4.03. The minimum Gasteiger partial charge on any atom is -0.504 e. The molecule has 0 saturated carbocycles. The lowest BCUT2D eigenvalue weighted by Crippen LogP contribution is -2.07. The van der Waals surface area contributed by atoms with Crippen molar-refractivity contribution in [3.05, 3.63) is 41.2 Å². The molecule has 2 rings (SSSR count). The van der Waals surface area contributed by atoms with Crippen molar-refractivity contribution >= 4 is 0 Å². The molecule has 0 aliphatic carbocycles. The number of aromatic hydroxyl groups is 1. The fourth-order valence-electron chi connectivity index (χ4n) is 1.62. The van der Waals surface area contributed by atoms with E-state index in [1.807, 2.05) is 6.92 Å². The zero-order chi connectivity index (χ0) is 13.5. The smallest absolute Gasteiger partial charge is 0.438 e. The van der Waals surface area contributed by atoms with Gasteiger partial charge in [0.2, 0.25) is 5.69 Å². The molecule has 0 bridgehead atoms. The molecule has 6 heteroatoms. The summed E-state index contributed by atoms with van der Waals surface area (Å²) in [7, 11) is 0. The monoisotopic (exact) mass is 256 g/mol. The summed E-state index contributed by atoms with van der Waals surface area (Å²) in [5.74, 6) is -0.830. The second kappa shape index (κ2) is 4.04. The van der Waals surface area contributed by atoms with E-state index in [0.717, 1.165) is 10.2 Å². The third-order valence-corrected chi connectivity index (χ3v) is 2.63. The maximum atomic E-state index is 12.6. The number of nitrogens with zero attached hydrogens (tertiary/aromatic N) is 2. The fraction of sp³-hybridized carbons (Fsp3) is 0.250. The number of hydrogen-bond donors (Lipinski definition) is 1. The van der Waals surface area contributed by atoms with E-state index in [1.165, 1.54) is 6.92 Å². The number of halogens is 3. The average Bonchev–Trinajstić information content (AvgIpc) is 2.57. The molecule has 0 spiro atoms. The summed E-state index contributed by atoms with van der Waals surface area (Å²) in [5, 5.41) is 12.9. The van der Waals surface area contributed by atoms with E-state index < -0.39 is 17.6 Å². The summed E-state index contributed by atoms with van der Waals surface area (Å²) in [4.78, 5) is 0. The molecule has 0 amide bonds. The minimum absolute atomic E-state index is 0.0613. The zero-order valence-electron chi connectivity index (χ0n) is 9.78. The van der Waals surface area contributed by atoms with Gasteiger partial charge in [0.1, 0.15) is 0 Å². The van der Waals surface area contributed by atoms with Gasteiger partial charge in [0.05, 0.1) is 11.4 Å². The predicted octanol–water partition coefficient (Wildman–Crippen LogP) is 3.21. The normalized spacial score (nSPS) is 11.8. The van der Waals surface area contributed by atoms with Gasteiger partial charge < -0.3 is 5.11 Å². The van der Waals surface area contributed by atoms with Gasteiger partial charge in [-0.3, -0.25) is 0 Å². The Morgan fingerprint density at radius 3 is 2.11 bits per heavy atom. The lowest BCUT2D eigenvalue weighted by molar-refractivity contribution is -0.142. The van der Waals surface area contributed by atoms with Gasteiger partial charge in [0.25, 0.3) is 0 Å². The van der Waals surface area contributed by atoms with Crippen LogP contribution in [0.1, 0.15) is 17.0 Å². The Kier molecular flexibility index (Phi) is 2.80. The van der Waals surface area contributed by atoms with Crippen LogP contribution in [0.15, 0.2) is 24.3 Å². The molecule has 0 atom stereocenters. The van der Waals surface area contributed by atoms with Gasteiger partial charge in [0.15, 0.2) is 5.75 Å². The molecule has 0 unspecified atom stereocenters. The third-order valence-electron chi connectivity index (χ3n) is 2.63. The van der Waals surface area contributed by atoms with E-state index in [-0.39, 0.29) is 5.69 Å². The first-order valence-corrected chi connectivity index (χ1v) is 5.23. The van der Waals surface area contributed by atoms with Crippen LogP contribution in [0.25, 0.3) is 5.69 Å². The van der Waals surface area contributed by atoms with E-state index in [0.29, 0.717) is 5.69 Å². The molecule has 0 aliphatic rings. The Hall–Kier alpha value is -1.98. The zero-order valence-corrected chi connectivity index (χ0v) is 9.78. The van der Waals surface area contributed by atoms with Crippen LogP contribution in [0.5, 0.6) is 5.75 Å². The van der Waals surface area contributed by atoms with Crippen molar-refractivity contribution < 1.29 is 18.3 Å². The Balaban J connectivity index is 2.56. The fourth-order valence-corrected chi connectivity index (χ4v) is 1.62. The van der Waals surface area contributed by atoms with Gasteiger partial charge in [-0.25, -0.2) is 4.68 Å². The number of alkyl halides is 3. The first-order chi connectivity index (χ1) is 8.30. The maximum absolute atomic E-state index is 12.6. The predicted molar refractivity (Wildman–Crippen MR) is 59.7 cm³/mol. The van der Waals surface area contributed by atoms with Crippen LogP contribution >= 0.6 is 0 Å². The molecule has 96 valence electrons. The van der Waals surface area contributed by atoms with E-state index >= 15 is 0 Å². The molecule has 1 aromatic carbocycles. The summed E-state index contributed by atoms with van der Waals surface area (Å²) in [5.41, 5.74) is 0.263. The lowest BCUT2D eigenvalue weighted by atomic mass is 10.2. The standard InChI is InChI=1S/C12H11F3N2O/c1-7-3-5-9(6-4-7)17-8(2)10(18)11(16-17)12(13,14)15/h3-6,18H,1-2H3. The number of hydrogen-bond acceptors (Lipinski definition) is 2. The maximum Gasteiger partial charge on any atom is 0.438 e. The van der Waals surface area contributed by atoms with Crippen molar-refractivity contribution in [1.82, 2.24) is 9.78 Å². The minimum atomic E-state index is -4.66. The highest BCUT2D eigenvalue weighted by atomic mass is 19.4. The molecule has 1 N–H and O–H groups in total. The molecule has 1 aromatic heterocycles. The van der Waals surface area contributed by atoms with Crippen molar-refractivity contribution in [3.63, 3.8) is 0 Å². The first kappa shape index (κ1) is 12.5. The molecule has 0 fully saturated rings. The summed E-state index contributed by atoms with van der Waals surface area (Å²) in [6.07, 6.45) is -4.66. The molecule has 18 heavy (non-hydrogen) atoms. The highest BCUT2D eigenvalue weighted by molar-refractivity contribution is 5.41. The summed E-state index contributed by atoms with van der Waals surface area (Å²) in [6, 6.07) is 6.82. The summed E-state index contributed by atoms with van der Waals surface area (Å²) >= 11 is 0. The summed E-state index contributed by atoms with van der Waals surface area (Å²) < 4.78 is 38.8. The average molecular weight is 256 g/mol. The van der Waals surface area contributed by atoms with E-state index in [9.17, 15) is 18.3 Å². The first-order valence-electron chi connectivity index (χ1n) is 5.23. The van der Waals surface area contributed by atoms with Crippen molar-refractivity contribution in [2.24, 2.45) is 0 Å². The van der Waals surface area contributed by atoms with Crippen LogP contribution in [-0.2, 0) is 6.18 Å². The molecule has 2 aromatic rings. The van der Waals surface area contributed by atoms with Crippen LogP contribution in [0.2, 0.25) is 0 Å². The molecule has 1 heterocycles. The van der Waals surface area contributed by atoms with Crippen molar-refractivity contribution in [3.8, 4) is 11.4 Å². The van der Waals surface area contributed by atoms with Crippen molar-refractivity contribution in [2.45, 2.75) is 20.0 Å². The van der Waals surface area contributed by atoms with Gasteiger partial charge in [0, 0.05) is 0 Å². The Bertz CT molecular complexity index is 570. The molecule has 0 saturated heterocycles. The topological polar surface area (TPSA) is 38.0 Å². The van der Waals surface area contributed by atoms with Gasteiger partial charge in [-0.2, -0.15) is 18.3 Å². The number of aryl methyl sites for hydroxylation is 1. The van der Waals surface area contributed by atoms with Crippen LogP contribution in [0, 0.1) is 13.8 Å². The number of benzene rings is 1.